The van der Waals surface area contributed by atoms with Gasteiger partial charge in [-0.05, 0) is 25.3 Å². The minimum Gasteiger partial charge on any atom is -0.354 e. The van der Waals surface area contributed by atoms with Gasteiger partial charge in [0, 0.05) is 11.4 Å². The SMILES string of the molecule is CC(C)NC(=O)Cc1csc(SCC(=O)c2cccs2)n1. The zero-order valence-electron chi connectivity index (χ0n) is 11.8. The average Bonchev–Trinajstić information content (AvgIpc) is 3.06. The van der Waals surface area contributed by atoms with Crippen LogP contribution in [0.1, 0.15) is 29.2 Å². The molecule has 0 saturated carbocycles. The van der Waals surface area contributed by atoms with Crippen molar-refractivity contribution >= 4 is 46.1 Å². The highest BCUT2D eigenvalue weighted by atomic mass is 32.2. The molecule has 0 atom stereocenters. The van der Waals surface area contributed by atoms with Gasteiger partial charge in [-0.2, -0.15) is 0 Å². The molecule has 0 fully saturated rings. The molecular weight excluding hydrogens is 324 g/mol. The lowest BCUT2D eigenvalue weighted by atomic mass is 10.3. The van der Waals surface area contributed by atoms with Gasteiger partial charge in [-0.1, -0.05) is 17.8 Å². The minimum absolute atomic E-state index is 0.0264. The molecule has 2 rings (SSSR count). The summed E-state index contributed by atoms with van der Waals surface area (Å²) in [6.07, 6.45) is 0.286. The fourth-order valence-corrected chi connectivity index (χ4v) is 4.09. The van der Waals surface area contributed by atoms with E-state index in [0.717, 1.165) is 14.9 Å². The van der Waals surface area contributed by atoms with Gasteiger partial charge in [0.05, 0.1) is 22.7 Å². The molecule has 4 nitrogen and oxygen atoms in total. The molecule has 0 spiro atoms. The lowest BCUT2D eigenvalue weighted by Crippen LogP contribution is -2.31. The molecule has 0 bridgehead atoms. The van der Waals surface area contributed by atoms with Gasteiger partial charge in [0.25, 0.3) is 0 Å². The van der Waals surface area contributed by atoms with Crippen molar-refractivity contribution in [3.63, 3.8) is 0 Å². The number of thiazole rings is 1. The first kappa shape index (κ1) is 16.2. The summed E-state index contributed by atoms with van der Waals surface area (Å²) >= 11 is 4.35. The van der Waals surface area contributed by atoms with E-state index in [1.807, 2.05) is 36.7 Å². The maximum Gasteiger partial charge on any atom is 0.226 e. The second kappa shape index (κ2) is 7.72. The minimum atomic E-state index is -0.0264. The van der Waals surface area contributed by atoms with Crippen LogP contribution in [0.25, 0.3) is 0 Å². The number of rotatable bonds is 7. The second-order valence-electron chi connectivity index (χ2n) is 4.69. The molecular formula is C14H16N2O2S3. The van der Waals surface area contributed by atoms with Crippen LogP contribution >= 0.6 is 34.4 Å². The van der Waals surface area contributed by atoms with Crippen molar-refractivity contribution in [3.8, 4) is 0 Å². The summed E-state index contributed by atoms with van der Waals surface area (Å²) in [7, 11) is 0. The summed E-state index contributed by atoms with van der Waals surface area (Å²) in [5, 5.41) is 6.60. The Morgan fingerprint density at radius 2 is 2.19 bits per heavy atom. The lowest BCUT2D eigenvalue weighted by molar-refractivity contribution is -0.120. The number of amides is 1. The van der Waals surface area contributed by atoms with Crippen LogP contribution in [0.4, 0.5) is 0 Å². The van der Waals surface area contributed by atoms with E-state index in [2.05, 4.69) is 10.3 Å². The van der Waals surface area contributed by atoms with E-state index in [4.69, 9.17) is 0 Å². The third-order valence-corrected chi connectivity index (χ3v) is 5.43. The van der Waals surface area contributed by atoms with Gasteiger partial charge in [0.2, 0.25) is 5.91 Å². The molecule has 0 aliphatic carbocycles. The molecule has 0 saturated heterocycles. The van der Waals surface area contributed by atoms with E-state index >= 15 is 0 Å². The van der Waals surface area contributed by atoms with Crippen LogP contribution in [0.15, 0.2) is 27.2 Å². The van der Waals surface area contributed by atoms with E-state index in [-0.39, 0.29) is 24.2 Å². The molecule has 2 heterocycles. The predicted molar refractivity (Wildman–Crippen MR) is 88.5 cm³/mol. The number of nitrogens with zero attached hydrogens (tertiary/aromatic N) is 1. The second-order valence-corrected chi connectivity index (χ2v) is 7.72. The van der Waals surface area contributed by atoms with Crippen LogP contribution in [0.3, 0.4) is 0 Å². The van der Waals surface area contributed by atoms with Crippen LogP contribution in [0.5, 0.6) is 0 Å². The van der Waals surface area contributed by atoms with Crippen molar-refractivity contribution < 1.29 is 9.59 Å². The van der Waals surface area contributed by atoms with Crippen LogP contribution in [0.2, 0.25) is 0 Å². The Kier molecular flexibility index (Phi) is 5.96. The van der Waals surface area contributed by atoms with E-state index < -0.39 is 0 Å². The summed E-state index contributed by atoms with van der Waals surface area (Å²) in [6.45, 7) is 3.85. The molecule has 1 N–H and O–H groups in total. The summed E-state index contributed by atoms with van der Waals surface area (Å²) < 4.78 is 0.826. The van der Waals surface area contributed by atoms with E-state index in [1.165, 1.54) is 34.4 Å². The summed E-state index contributed by atoms with van der Waals surface area (Å²) in [6, 6.07) is 3.84. The fourth-order valence-electron chi connectivity index (χ4n) is 1.61. The van der Waals surface area contributed by atoms with Crippen LogP contribution in [-0.2, 0) is 11.2 Å². The van der Waals surface area contributed by atoms with Crippen LogP contribution < -0.4 is 5.32 Å². The van der Waals surface area contributed by atoms with Gasteiger partial charge >= 0.3 is 0 Å². The summed E-state index contributed by atoms with van der Waals surface area (Å²) in [4.78, 5) is 28.7. The maximum atomic E-state index is 11.9. The molecule has 0 aliphatic rings. The molecule has 21 heavy (non-hydrogen) atoms. The smallest absolute Gasteiger partial charge is 0.226 e. The molecule has 2 aromatic rings. The number of hydrogen-bond donors (Lipinski definition) is 1. The molecule has 0 aliphatic heterocycles. The third-order valence-electron chi connectivity index (χ3n) is 2.44. The van der Waals surface area contributed by atoms with Gasteiger partial charge in [0.15, 0.2) is 10.1 Å². The number of ketones is 1. The highest BCUT2D eigenvalue weighted by molar-refractivity contribution is 8.01. The number of Topliss-reactive ketones (excluding diaryl/α,β-unsaturated/α-hetero) is 1. The first-order chi connectivity index (χ1) is 10.0. The van der Waals surface area contributed by atoms with Crippen molar-refractivity contribution in [3.05, 3.63) is 33.5 Å². The van der Waals surface area contributed by atoms with Crippen molar-refractivity contribution in [1.29, 1.82) is 0 Å². The molecule has 0 radical (unpaired) electrons. The van der Waals surface area contributed by atoms with Crippen molar-refractivity contribution in [2.45, 2.75) is 30.6 Å². The molecule has 0 unspecified atom stereocenters. The topological polar surface area (TPSA) is 59.1 Å². The van der Waals surface area contributed by atoms with Gasteiger partial charge in [-0.15, -0.1) is 22.7 Å². The monoisotopic (exact) mass is 340 g/mol. The number of hydrogen-bond acceptors (Lipinski definition) is 6. The maximum absolute atomic E-state index is 11.9. The highest BCUT2D eigenvalue weighted by Crippen LogP contribution is 2.24. The number of aromatic nitrogens is 1. The van der Waals surface area contributed by atoms with Crippen molar-refractivity contribution in [2.24, 2.45) is 0 Å². The number of carbonyl (C=O) groups excluding carboxylic acids is 2. The molecule has 7 heteroatoms. The number of thiophene rings is 1. The highest BCUT2D eigenvalue weighted by Gasteiger charge is 2.11. The van der Waals surface area contributed by atoms with E-state index in [1.54, 1.807) is 0 Å². The quantitative estimate of drug-likeness (QED) is 0.621. The lowest BCUT2D eigenvalue weighted by Gasteiger charge is -2.06. The van der Waals surface area contributed by atoms with Crippen LogP contribution in [0, 0.1) is 0 Å². The Bertz CT molecular complexity index is 606. The molecule has 112 valence electrons. The number of thioether (sulfide) groups is 1. The summed E-state index contributed by atoms with van der Waals surface area (Å²) in [5.41, 5.74) is 0.754. The first-order valence-electron chi connectivity index (χ1n) is 6.48. The van der Waals surface area contributed by atoms with Gasteiger partial charge < -0.3 is 5.32 Å². The van der Waals surface area contributed by atoms with Gasteiger partial charge in [-0.25, -0.2) is 4.98 Å². The average molecular weight is 340 g/mol. The Hall–Kier alpha value is -1.18. The van der Waals surface area contributed by atoms with Gasteiger partial charge in [0.1, 0.15) is 0 Å². The van der Waals surface area contributed by atoms with Crippen molar-refractivity contribution in [2.75, 3.05) is 5.75 Å². The standard InChI is InChI=1S/C14H16N2O2S3/c1-9(2)15-13(18)6-10-7-20-14(16-10)21-8-11(17)12-4-3-5-19-12/h3-5,7,9H,6,8H2,1-2H3,(H,15,18). The van der Waals surface area contributed by atoms with Crippen molar-refractivity contribution in [1.82, 2.24) is 10.3 Å². The molecule has 0 aromatic carbocycles. The normalized spacial score (nSPS) is 10.8. The number of nitrogens with one attached hydrogen (secondary N) is 1. The van der Waals surface area contributed by atoms with E-state index in [0.29, 0.717) is 5.75 Å². The fraction of sp³-hybridized carbons (Fsp3) is 0.357. The predicted octanol–water partition coefficient (Wildman–Crippen LogP) is 3.25. The first-order valence-corrected chi connectivity index (χ1v) is 9.22. The zero-order valence-corrected chi connectivity index (χ0v) is 14.2. The van der Waals surface area contributed by atoms with Gasteiger partial charge in [-0.3, -0.25) is 9.59 Å². The Morgan fingerprint density at radius 1 is 1.38 bits per heavy atom. The summed E-state index contributed by atoms with van der Waals surface area (Å²) in [5.74, 6) is 0.469. The van der Waals surface area contributed by atoms with Crippen LogP contribution in [-0.4, -0.2) is 28.5 Å². The zero-order chi connectivity index (χ0) is 15.2. The Labute approximate surface area is 136 Å². The Morgan fingerprint density at radius 3 is 2.86 bits per heavy atom. The Balaban J connectivity index is 1.83. The number of carbonyl (C=O) groups is 2. The third kappa shape index (κ3) is 5.26. The largest absolute Gasteiger partial charge is 0.354 e. The van der Waals surface area contributed by atoms with E-state index in [9.17, 15) is 9.59 Å². The molecule has 1 amide bonds. The molecule has 2 aromatic heterocycles.